The van der Waals surface area contributed by atoms with Gasteiger partial charge in [0.25, 0.3) is 5.91 Å². The third kappa shape index (κ3) is 4.68. The van der Waals surface area contributed by atoms with E-state index in [0.29, 0.717) is 10.7 Å². The third-order valence-electron chi connectivity index (χ3n) is 4.88. The zero-order chi connectivity index (χ0) is 21.1. The fourth-order valence-corrected chi connectivity index (χ4v) is 4.78. The number of anilines is 1. The van der Waals surface area contributed by atoms with Crippen LogP contribution in [0.15, 0.2) is 58.6 Å². The van der Waals surface area contributed by atoms with Gasteiger partial charge in [0, 0.05) is 11.8 Å². The number of hydrogen-bond acceptors (Lipinski definition) is 7. The van der Waals surface area contributed by atoms with Crippen molar-refractivity contribution in [3.8, 4) is 0 Å². The van der Waals surface area contributed by atoms with Crippen molar-refractivity contribution in [2.45, 2.75) is 36.7 Å². The molecule has 1 saturated carbocycles. The smallest absolute Gasteiger partial charge is 0.280 e. The van der Waals surface area contributed by atoms with Crippen LogP contribution in [-0.4, -0.2) is 37.4 Å². The summed E-state index contributed by atoms with van der Waals surface area (Å²) >= 11 is 1.37. The van der Waals surface area contributed by atoms with E-state index in [1.165, 1.54) is 23.5 Å². The van der Waals surface area contributed by atoms with Crippen LogP contribution in [0.2, 0.25) is 0 Å². The minimum Gasteiger partial charge on any atom is -0.392 e. The second-order valence-corrected chi connectivity index (χ2v) is 10.2. The Labute approximate surface area is 178 Å². The van der Waals surface area contributed by atoms with E-state index in [1.807, 2.05) is 24.3 Å². The molecule has 1 fully saturated rings. The molecule has 0 atom stereocenters. The molecular weight excluding hydrogens is 422 g/mol. The van der Waals surface area contributed by atoms with Gasteiger partial charge in [0.15, 0.2) is 20.7 Å². The molecule has 1 aromatic heterocycles. The van der Waals surface area contributed by atoms with E-state index in [9.17, 15) is 13.2 Å². The van der Waals surface area contributed by atoms with Crippen LogP contribution in [0.3, 0.4) is 0 Å². The summed E-state index contributed by atoms with van der Waals surface area (Å²) in [6.07, 6.45) is 5.10. The summed E-state index contributed by atoms with van der Waals surface area (Å²) in [4.78, 5) is 23.2. The molecule has 1 heterocycles. The van der Waals surface area contributed by atoms with Gasteiger partial charge in [-0.05, 0) is 49.9 Å². The zero-order valence-corrected chi connectivity index (χ0v) is 18.0. The lowest BCUT2D eigenvalue weighted by Crippen LogP contribution is -2.25. The Balaban J connectivity index is 1.61. The van der Waals surface area contributed by atoms with E-state index < -0.39 is 15.7 Å². The SMILES string of the molecule is CS(=O)(=O)c1ccc(C(=NOC2CCCC2)C(=O)Nc2nc3ccccc3s2)cc1. The highest BCUT2D eigenvalue weighted by Crippen LogP contribution is 2.26. The number of carbonyl (C=O) groups is 1. The topological polar surface area (TPSA) is 97.7 Å². The molecule has 156 valence electrons. The van der Waals surface area contributed by atoms with Crippen LogP contribution in [0, 0.1) is 0 Å². The summed E-state index contributed by atoms with van der Waals surface area (Å²) in [5.74, 6) is -0.459. The second kappa shape index (κ2) is 8.53. The second-order valence-electron chi connectivity index (χ2n) is 7.19. The van der Waals surface area contributed by atoms with Gasteiger partial charge in [-0.3, -0.25) is 10.1 Å². The number of sulfone groups is 1. The summed E-state index contributed by atoms with van der Waals surface area (Å²) in [5.41, 5.74) is 1.36. The highest BCUT2D eigenvalue weighted by atomic mass is 32.2. The van der Waals surface area contributed by atoms with Gasteiger partial charge in [-0.2, -0.15) is 0 Å². The molecule has 1 amide bonds. The van der Waals surface area contributed by atoms with Crippen molar-refractivity contribution in [1.82, 2.24) is 4.98 Å². The summed E-state index contributed by atoms with van der Waals surface area (Å²) in [6.45, 7) is 0. The fraction of sp³-hybridized carbons (Fsp3) is 0.286. The quantitative estimate of drug-likeness (QED) is 0.459. The molecule has 0 saturated heterocycles. The molecule has 0 spiro atoms. The Morgan fingerprint density at radius 2 is 1.83 bits per heavy atom. The molecule has 0 bridgehead atoms. The first kappa shape index (κ1) is 20.5. The lowest BCUT2D eigenvalue weighted by atomic mass is 10.1. The standard InChI is InChI=1S/C21H21N3O4S2/c1-30(26,27)16-12-10-14(11-13-16)19(24-28-15-6-2-3-7-15)20(25)23-21-22-17-8-4-5-9-18(17)29-21/h4-5,8-13,15H,2-3,6-7H2,1H3,(H,22,23,25). The first-order valence-electron chi connectivity index (χ1n) is 9.61. The Kier molecular flexibility index (Phi) is 5.83. The number of para-hydroxylation sites is 1. The Bertz CT molecular complexity index is 1160. The van der Waals surface area contributed by atoms with E-state index >= 15 is 0 Å². The maximum Gasteiger partial charge on any atom is 0.280 e. The summed E-state index contributed by atoms with van der Waals surface area (Å²) in [5, 5.41) is 7.40. The number of rotatable bonds is 6. The van der Waals surface area contributed by atoms with Crippen molar-refractivity contribution in [2.75, 3.05) is 11.6 Å². The van der Waals surface area contributed by atoms with Crippen LogP contribution in [0.4, 0.5) is 5.13 Å². The number of aromatic nitrogens is 1. The van der Waals surface area contributed by atoms with Crippen molar-refractivity contribution >= 4 is 48.1 Å². The molecule has 1 N–H and O–H groups in total. The highest BCUT2D eigenvalue weighted by molar-refractivity contribution is 7.90. The number of hydrogen-bond donors (Lipinski definition) is 1. The Hall–Kier alpha value is -2.78. The average molecular weight is 444 g/mol. The molecule has 0 aliphatic heterocycles. The van der Waals surface area contributed by atoms with Gasteiger partial charge in [-0.15, -0.1) is 0 Å². The number of benzene rings is 2. The van der Waals surface area contributed by atoms with Crippen molar-refractivity contribution in [3.63, 3.8) is 0 Å². The zero-order valence-electron chi connectivity index (χ0n) is 16.4. The number of carbonyl (C=O) groups excluding carboxylic acids is 1. The molecule has 30 heavy (non-hydrogen) atoms. The number of nitrogens with one attached hydrogen (secondary N) is 1. The highest BCUT2D eigenvalue weighted by Gasteiger charge is 2.21. The monoisotopic (exact) mass is 443 g/mol. The number of amides is 1. The van der Waals surface area contributed by atoms with Gasteiger partial charge in [0.05, 0.1) is 15.1 Å². The van der Waals surface area contributed by atoms with E-state index in [0.717, 1.165) is 42.2 Å². The number of thiazole rings is 1. The van der Waals surface area contributed by atoms with Gasteiger partial charge in [-0.25, -0.2) is 13.4 Å². The Morgan fingerprint density at radius 1 is 1.13 bits per heavy atom. The van der Waals surface area contributed by atoms with Gasteiger partial charge in [-0.1, -0.05) is 40.8 Å². The van der Waals surface area contributed by atoms with Gasteiger partial charge in [0.2, 0.25) is 0 Å². The third-order valence-corrected chi connectivity index (χ3v) is 6.96. The summed E-state index contributed by atoms with van der Waals surface area (Å²) < 4.78 is 24.4. The molecule has 1 aliphatic rings. The minimum atomic E-state index is -3.33. The molecule has 2 aromatic carbocycles. The van der Waals surface area contributed by atoms with E-state index in [-0.39, 0.29) is 16.7 Å². The first-order chi connectivity index (χ1) is 14.4. The molecule has 1 aliphatic carbocycles. The molecule has 0 radical (unpaired) electrons. The lowest BCUT2D eigenvalue weighted by molar-refractivity contribution is -0.110. The van der Waals surface area contributed by atoms with E-state index in [2.05, 4.69) is 15.5 Å². The fourth-order valence-electron chi connectivity index (χ4n) is 3.29. The molecule has 9 heteroatoms. The maximum absolute atomic E-state index is 13.0. The van der Waals surface area contributed by atoms with Crippen molar-refractivity contribution in [1.29, 1.82) is 0 Å². The van der Waals surface area contributed by atoms with Crippen LogP contribution < -0.4 is 5.32 Å². The molecule has 7 nitrogen and oxygen atoms in total. The summed E-state index contributed by atoms with van der Waals surface area (Å²) in [6, 6.07) is 13.7. The van der Waals surface area contributed by atoms with Crippen molar-refractivity contribution < 1.29 is 18.0 Å². The predicted octanol–water partition coefficient (Wildman–Crippen LogP) is 4.00. The summed E-state index contributed by atoms with van der Waals surface area (Å²) in [7, 11) is -3.33. The predicted molar refractivity (Wildman–Crippen MR) is 118 cm³/mol. The average Bonchev–Trinajstić information content (AvgIpc) is 3.37. The Morgan fingerprint density at radius 3 is 2.50 bits per heavy atom. The van der Waals surface area contributed by atoms with Crippen molar-refractivity contribution in [2.24, 2.45) is 5.16 Å². The lowest BCUT2D eigenvalue weighted by Gasteiger charge is -2.10. The van der Waals surface area contributed by atoms with Crippen LogP contribution >= 0.6 is 11.3 Å². The normalized spacial score (nSPS) is 15.4. The van der Waals surface area contributed by atoms with Gasteiger partial charge < -0.3 is 4.84 Å². The van der Waals surface area contributed by atoms with E-state index in [4.69, 9.17) is 4.84 Å². The molecule has 3 aromatic rings. The number of oxime groups is 1. The minimum absolute atomic E-state index is 0.00876. The van der Waals surface area contributed by atoms with Crippen molar-refractivity contribution in [3.05, 3.63) is 54.1 Å². The number of nitrogens with zero attached hydrogens (tertiary/aromatic N) is 2. The molecule has 4 rings (SSSR count). The largest absolute Gasteiger partial charge is 0.392 e. The number of fused-ring (bicyclic) bond motifs is 1. The van der Waals surface area contributed by atoms with E-state index in [1.54, 1.807) is 12.1 Å². The van der Waals surface area contributed by atoms with Gasteiger partial charge in [0.1, 0.15) is 6.10 Å². The van der Waals surface area contributed by atoms with Crippen LogP contribution in [0.1, 0.15) is 31.2 Å². The van der Waals surface area contributed by atoms with Crippen LogP contribution in [-0.2, 0) is 19.5 Å². The van der Waals surface area contributed by atoms with Crippen LogP contribution in [0.5, 0.6) is 0 Å². The van der Waals surface area contributed by atoms with Gasteiger partial charge >= 0.3 is 0 Å². The van der Waals surface area contributed by atoms with Crippen LogP contribution in [0.25, 0.3) is 10.2 Å². The molecule has 0 unspecified atom stereocenters. The maximum atomic E-state index is 13.0. The first-order valence-corrected chi connectivity index (χ1v) is 12.3. The molecular formula is C21H21N3O4S2.